The summed E-state index contributed by atoms with van der Waals surface area (Å²) >= 11 is 8.24. The number of benzene rings is 2. The van der Waals surface area contributed by atoms with Gasteiger partial charge in [0.15, 0.2) is 0 Å². The molecule has 0 saturated carbocycles. The van der Waals surface area contributed by atoms with E-state index < -0.39 is 0 Å². The topological polar surface area (TPSA) is 50.4 Å². The van der Waals surface area contributed by atoms with Crippen LogP contribution in [-0.2, 0) is 0 Å². The van der Waals surface area contributed by atoms with E-state index in [1.807, 2.05) is 30.5 Å². The van der Waals surface area contributed by atoms with Crippen molar-refractivity contribution in [3.8, 4) is 22.8 Å². The Bertz CT molecular complexity index is 1330. The molecule has 1 fully saturated rings. The molecule has 1 unspecified atom stereocenters. The molecule has 8 heteroatoms. The van der Waals surface area contributed by atoms with Crippen molar-refractivity contribution in [3.63, 3.8) is 0 Å². The molecule has 2 aromatic carbocycles. The number of halogens is 2. The van der Waals surface area contributed by atoms with Crippen molar-refractivity contribution in [3.05, 3.63) is 76.7 Å². The van der Waals surface area contributed by atoms with E-state index in [2.05, 4.69) is 29.4 Å². The molecule has 1 saturated heterocycles. The van der Waals surface area contributed by atoms with Crippen LogP contribution in [0.25, 0.3) is 16.6 Å². The summed E-state index contributed by atoms with van der Waals surface area (Å²) in [5.41, 5.74) is 4.44. The number of ether oxygens (including phenoxy) is 1. The van der Waals surface area contributed by atoms with Crippen LogP contribution in [0, 0.1) is 5.41 Å². The van der Waals surface area contributed by atoms with Crippen molar-refractivity contribution in [2.45, 2.75) is 3.92 Å². The van der Waals surface area contributed by atoms with E-state index in [-0.39, 0.29) is 0 Å². The molecule has 1 N–H and O–H groups in total. The molecule has 30 heavy (non-hydrogen) atoms. The minimum absolute atomic E-state index is 0.348. The second kappa shape index (κ2) is 8.78. The Morgan fingerprint density at radius 1 is 1.07 bits per heavy atom. The first kappa shape index (κ1) is 21.3. The Morgan fingerprint density at radius 3 is 2.53 bits per heavy atom. The molecule has 4 aromatic rings. The van der Waals surface area contributed by atoms with Crippen molar-refractivity contribution in [1.29, 1.82) is 5.41 Å². The van der Waals surface area contributed by atoms with Gasteiger partial charge in [0.1, 0.15) is 0 Å². The molecule has 5 rings (SSSR count). The van der Waals surface area contributed by atoms with Crippen LogP contribution >= 0.6 is 11.6 Å². The van der Waals surface area contributed by atoms with Crippen LogP contribution in [0.3, 0.4) is 0 Å². The minimum atomic E-state index is 0.348. The van der Waals surface area contributed by atoms with Gasteiger partial charge in [0.25, 0.3) is 0 Å². The van der Waals surface area contributed by atoms with Crippen LogP contribution in [0.15, 0.2) is 60.8 Å². The molecule has 144 valence electrons. The zero-order chi connectivity index (χ0) is 20.8. The first-order valence-corrected chi connectivity index (χ1v) is 16.9. The SMILES string of the molecule is N=c1ccn2nc(Oc3ccc(C4C[I-]4)cc3Cl)ccc2c1-c1[c]([Tl])ccc[c]1[Tl]. The normalized spacial score (nSPS) is 15.5. The third kappa shape index (κ3) is 4.23. The molecule has 2 aromatic heterocycles. The van der Waals surface area contributed by atoms with Gasteiger partial charge in [-0.05, 0) is 0 Å². The summed E-state index contributed by atoms with van der Waals surface area (Å²) in [4.78, 5) is 0. The van der Waals surface area contributed by atoms with Gasteiger partial charge in [-0.15, -0.1) is 0 Å². The predicted octanol–water partition coefficient (Wildman–Crippen LogP) is -0.342. The molecular weight excluding hydrogens is 893 g/mol. The molecule has 0 radical (unpaired) electrons. The van der Waals surface area contributed by atoms with Gasteiger partial charge < -0.3 is 0 Å². The number of nitrogens with one attached hydrogen (secondary N) is 1. The molecule has 1 aliphatic rings. The van der Waals surface area contributed by atoms with Gasteiger partial charge in [-0.2, -0.15) is 0 Å². The Morgan fingerprint density at radius 2 is 1.83 bits per heavy atom. The summed E-state index contributed by atoms with van der Waals surface area (Å²) in [5.74, 6) is 1.11. The van der Waals surface area contributed by atoms with E-state index in [9.17, 15) is 0 Å². The Kier molecular flexibility index (Phi) is 6.24. The summed E-state index contributed by atoms with van der Waals surface area (Å²) in [6, 6.07) is 18.2. The summed E-state index contributed by atoms with van der Waals surface area (Å²) in [5, 5.41) is 14.4. The van der Waals surface area contributed by atoms with Gasteiger partial charge in [0.05, 0.1) is 0 Å². The third-order valence-corrected chi connectivity index (χ3v) is 11.5. The van der Waals surface area contributed by atoms with Gasteiger partial charge >= 0.3 is 224 Å². The van der Waals surface area contributed by atoms with Crippen LogP contribution < -0.4 is 37.5 Å². The van der Waals surface area contributed by atoms with E-state index in [0.29, 0.717) is 94.7 Å². The zero-order valence-electron chi connectivity index (χ0n) is 15.8. The van der Waals surface area contributed by atoms with Crippen molar-refractivity contribution in [2.24, 2.45) is 0 Å². The second-order valence-electron chi connectivity index (χ2n) is 6.99. The molecule has 1 aliphatic heterocycles. The van der Waals surface area contributed by atoms with E-state index in [4.69, 9.17) is 21.7 Å². The van der Waals surface area contributed by atoms with E-state index in [1.165, 1.54) is 21.8 Å². The number of pyridine rings is 1. The van der Waals surface area contributed by atoms with Crippen LogP contribution in [0.4, 0.5) is 0 Å². The Labute approximate surface area is 221 Å². The molecule has 0 spiro atoms. The fourth-order valence-corrected chi connectivity index (χ4v) is 11.1. The first-order chi connectivity index (χ1) is 14.5. The summed E-state index contributed by atoms with van der Waals surface area (Å²) in [6.45, 7) is 0. The van der Waals surface area contributed by atoms with E-state index in [0.717, 1.165) is 15.0 Å². The number of alkyl halides is 2. The van der Waals surface area contributed by atoms with Crippen molar-refractivity contribution in [1.82, 2.24) is 9.61 Å². The number of fused-ring (bicyclic) bond motifs is 1. The number of rotatable bonds is 4. The second-order valence-corrected chi connectivity index (χ2v) is 15.5. The van der Waals surface area contributed by atoms with Gasteiger partial charge in [0, 0.05) is 0 Å². The van der Waals surface area contributed by atoms with Gasteiger partial charge in [-0.1, -0.05) is 0 Å². The predicted molar refractivity (Wildman–Crippen MR) is 116 cm³/mol. The van der Waals surface area contributed by atoms with Crippen molar-refractivity contribution < 1.29 is 25.9 Å². The molecular formula is C22H14ClIN3OTl2-. The summed E-state index contributed by atoms with van der Waals surface area (Å²) in [7, 11) is 0. The van der Waals surface area contributed by atoms with Gasteiger partial charge in [0.2, 0.25) is 0 Å². The summed E-state index contributed by atoms with van der Waals surface area (Å²) < 4.78 is 12.6. The zero-order valence-corrected chi connectivity index (χ0v) is 27.7. The number of nitrogens with zero attached hydrogens (tertiary/aromatic N) is 2. The standard InChI is InChI=1S/C22H14ClIN3O.2Tl/c23-16-12-15(17-13-24-17)6-8-20(16)28-21-9-7-19-22(14-4-2-1-3-5-14)18(25)10-11-27(19)26-21;;/h1-3,6-12,17,25H,13H2;;/q-1;;. The van der Waals surface area contributed by atoms with E-state index in [1.54, 1.807) is 10.6 Å². The van der Waals surface area contributed by atoms with Crippen LogP contribution in [0.2, 0.25) is 5.02 Å². The molecule has 3 heterocycles. The fourth-order valence-electron chi connectivity index (χ4n) is 3.42. The molecule has 4 nitrogen and oxygen atoms in total. The Hall–Kier alpha value is -0.536. The average Bonchev–Trinajstić information content (AvgIpc) is 3.56. The number of hydrogen-bond acceptors (Lipinski definition) is 3. The van der Waals surface area contributed by atoms with Crippen LogP contribution in [0.5, 0.6) is 11.6 Å². The van der Waals surface area contributed by atoms with Crippen molar-refractivity contribution >= 4 is 74.9 Å². The summed E-state index contributed by atoms with van der Waals surface area (Å²) in [6.07, 6.45) is 1.82. The molecule has 1 atom stereocenters. The fraction of sp³-hybridized carbons (Fsp3) is 0.0909. The first-order valence-electron chi connectivity index (χ1n) is 9.28. The quantitative estimate of drug-likeness (QED) is 0.174. The van der Waals surface area contributed by atoms with Crippen LogP contribution in [-0.4, -0.2) is 65.6 Å². The molecule has 0 amide bonds. The average molecular weight is 907 g/mol. The van der Waals surface area contributed by atoms with Gasteiger partial charge in [-0.25, -0.2) is 0 Å². The maximum absolute atomic E-state index is 8.55. The number of hydrogen-bond donors (Lipinski definition) is 1. The van der Waals surface area contributed by atoms with Crippen LogP contribution in [0.1, 0.15) is 9.49 Å². The number of aromatic nitrogens is 2. The monoisotopic (exact) mass is 908 g/mol. The van der Waals surface area contributed by atoms with Crippen molar-refractivity contribution in [2.75, 3.05) is 4.43 Å². The molecule has 0 bridgehead atoms. The van der Waals surface area contributed by atoms with E-state index >= 15 is 0 Å². The third-order valence-electron chi connectivity index (χ3n) is 4.96. The molecule has 0 aliphatic carbocycles. The maximum atomic E-state index is 8.55. The van der Waals surface area contributed by atoms with Gasteiger partial charge in [-0.3, -0.25) is 0 Å². The Balaban J connectivity index is 1.56.